The van der Waals surface area contributed by atoms with Crippen molar-refractivity contribution in [3.63, 3.8) is 0 Å². The zero-order valence-corrected chi connectivity index (χ0v) is 18.5. The van der Waals surface area contributed by atoms with E-state index in [0.29, 0.717) is 18.7 Å². The Kier molecular flexibility index (Phi) is 6.44. The Morgan fingerprint density at radius 1 is 1.10 bits per heavy atom. The highest BCUT2D eigenvalue weighted by molar-refractivity contribution is 7.89. The molecule has 0 aliphatic carbocycles. The molecule has 0 aromatic heterocycles. The van der Waals surface area contributed by atoms with Gasteiger partial charge in [-0.3, -0.25) is 4.79 Å². The molecule has 0 saturated carbocycles. The maximum atomic E-state index is 13.2. The van der Waals surface area contributed by atoms with E-state index in [2.05, 4.69) is 0 Å². The number of carbonyl (C=O) groups excluding carboxylic acids is 1. The van der Waals surface area contributed by atoms with E-state index in [0.717, 1.165) is 36.0 Å². The third-order valence-corrected chi connectivity index (χ3v) is 7.81. The van der Waals surface area contributed by atoms with Crippen LogP contribution >= 0.6 is 0 Å². The van der Waals surface area contributed by atoms with Gasteiger partial charge in [-0.05, 0) is 62.4 Å². The Morgan fingerprint density at radius 3 is 2.52 bits per heavy atom. The number of piperidine rings is 1. The third-order valence-electron chi connectivity index (χ3n) is 5.80. The van der Waals surface area contributed by atoms with Crippen LogP contribution in [0.4, 0.5) is 0 Å². The summed E-state index contributed by atoms with van der Waals surface area (Å²) in [5.74, 6) is -0.172. The fraction of sp³-hybridized carbons (Fsp3) is 0.435. The molecule has 1 heterocycles. The maximum absolute atomic E-state index is 13.2. The van der Waals surface area contributed by atoms with E-state index in [1.165, 1.54) is 0 Å². The van der Waals surface area contributed by atoms with Crippen LogP contribution in [0, 0.1) is 13.8 Å². The molecule has 1 saturated heterocycles. The highest BCUT2D eigenvalue weighted by Crippen LogP contribution is 2.27. The minimum Gasteiger partial charge on any atom is -0.337 e. The first-order valence-corrected chi connectivity index (χ1v) is 11.6. The Hall–Kier alpha value is -2.18. The number of nitrogens with zero attached hydrogens (tertiary/aromatic N) is 2. The lowest BCUT2D eigenvalue weighted by Gasteiger charge is -2.32. The second-order valence-corrected chi connectivity index (χ2v) is 9.92. The number of amides is 1. The van der Waals surface area contributed by atoms with Gasteiger partial charge in [-0.15, -0.1) is 0 Å². The van der Waals surface area contributed by atoms with Crippen molar-refractivity contribution in [2.45, 2.75) is 57.5 Å². The SMILES string of the molecule is Cc1ccccc1CN(C)C(=O)c1cc(S(=O)(=O)N2CCCCC2C)ccc1C. The molecule has 0 spiro atoms. The van der Waals surface area contributed by atoms with E-state index >= 15 is 0 Å². The first-order chi connectivity index (χ1) is 13.7. The van der Waals surface area contributed by atoms with Crippen LogP contribution in [0.1, 0.15) is 53.2 Å². The molecule has 156 valence electrons. The maximum Gasteiger partial charge on any atom is 0.254 e. The van der Waals surface area contributed by atoms with E-state index in [-0.39, 0.29) is 16.8 Å². The fourth-order valence-corrected chi connectivity index (χ4v) is 5.60. The van der Waals surface area contributed by atoms with Crippen LogP contribution in [0.3, 0.4) is 0 Å². The van der Waals surface area contributed by atoms with Crippen LogP contribution < -0.4 is 0 Å². The van der Waals surface area contributed by atoms with Gasteiger partial charge < -0.3 is 4.90 Å². The molecule has 0 radical (unpaired) electrons. The van der Waals surface area contributed by atoms with Gasteiger partial charge in [0.1, 0.15) is 0 Å². The quantitative estimate of drug-likeness (QED) is 0.739. The van der Waals surface area contributed by atoms with Crippen molar-refractivity contribution < 1.29 is 13.2 Å². The van der Waals surface area contributed by atoms with Crippen LogP contribution in [0.2, 0.25) is 0 Å². The molecular weight excluding hydrogens is 384 g/mol. The lowest BCUT2D eigenvalue weighted by atomic mass is 10.1. The monoisotopic (exact) mass is 414 g/mol. The molecule has 2 aromatic rings. The molecule has 5 nitrogen and oxygen atoms in total. The summed E-state index contributed by atoms with van der Waals surface area (Å²) >= 11 is 0. The van der Waals surface area contributed by atoms with Crippen LogP contribution in [0.25, 0.3) is 0 Å². The van der Waals surface area contributed by atoms with Gasteiger partial charge in [-0.1, -0.05) is 36.8 Å². The van der Waals surface area contributed by atoms with Gasteiger partial charge in [-0.25, -0.2) is 8.42 Å². The molecule has 1 atom stereocenters. The summed E-state index contributed by atoms with van der Waals surface area (Å²) in [5.41, 5.74) is 3.41. The van der Waals surface area contributed by atoms with Crippen molar-refractivity contribution in [3.05, 3.63) is 64.7 Å². The van der Waals surface area contributed by atoms with Crippen LogP contribution in [0.15, 0.2) is 47.4 Å². The highest BCUT2D eigenvalue weighted by Gasteiger charge is 2.31. The number of carbonyl (C=O) groups is 1. The standard InChI is InChI=1S/C23H30N2O3S/c1-17-9-5-6-11-20(17)16-24(4)23(26)22-15-21(13-12-18(22)2)29(27,28)25-14-8-7-10-19(25)3/h5-6,9,11-13,15,19H,7-8,10,14,16H2,1-4H3. The minimum absolute atomic E-state index is 0.0158. The zero-order chi connectivity index (χ0) is 21.2. The highest BCUT2D eigenvalue weighted by atomic mass is 32.2. The Bertz CT molecular complexity index is 1000. The molecule has 29 heavy (non-hydrogen) atoms. The molecule has 0 N–H and O–H groups in total. The lowest BCUT2D eigenvalue weighted by Crippen LogP contribution is -2.42. The Labute approximate surface area is 174 Å². The third kappa shape index (κ3) is 4.54. The summed E-state index contributed by atoms with van der Waals surface area (Å²) in [6.07, 6.45) is 2.80. The normalized spacial score (nSPS) is 17.9. The smallest absolute Gasteiger partial charge is 0.254 e. The second-order valence-electron chi connectivity index (χ2n) is 8.02. The minimum atomic E-state index is -3.61. The number of rotatable bonds is 5. The Morgan fingerprint density at radius 2 is 1.83 bits per heavy atom. The van der Waals surface area contributed by atoms with Gasteiger partial charge in [0, 0.05) is 31.7 Å². The molecule has 0 bridgehead atoms. The molecule has 1 aliphatic heterocycles. The summed E-state index contributed by atoms with van der Waals surface area (Å²) in [6, 6.07) is 12.8. The number of hydrogen-bond acceptors (Lipinski definition) is 3. The summed E-state index contributed by atoms with van der Waals surface area (Å²) in [6.45, 7) is 6.83. The lowest BCUT2D eigenvalue weighted by molar-refractivity contribution is 0.0784. The summed E-state index contributed by atoms with van der Waals surface area (Å²) < 4.78 is 28.0. The zero-order valence-electron chi connectivity index (χ0n) is 17.7. The predicted octanol–water partition coefficient (Wildman–Crippen LogP) is 4.14. The molecule has 2 aromatic carbocycles. The number of sulfonamides is 1. The summed E-state index contributed by atoms with van der Waals surface area (Å²) in [7, 11) is -1.86. The second kappa shape index (κ2) is 8.67. The molecule has 3 rings (SSSR count). The summed E-state index contributed by atoms with van der Waals surface area (Å²) in [5, 5.41) is 0. The van der Waals surface area contributed by atoms with Crippen molar-refractivity contribution in [1.82, 2.24) is 9.21 Å². The largest absolute Gasteiger partial charge is 0.337 e. The van der Waals surface area contributed by atoms with Gasteiger partial charge in [0.2, 0.25) is 10.0 Å². The molecule has 6 heteroatoms. The molecule has 1 aliphatic rings. The predicted molar refractivity (Wildman–Crippen MR) is 115 cm³/mol. The molecule has 1 unspecified atom stereocenters. The van der Waals surface area contributed by atoms with E-state index in [1.807, 2.05) is 45.0 Å². The van der Waals surface area contributed by atoms with Crippen molar-refractivity contribution >= 4 is 15.9 Å². The van der Waals surface area contributed by atoms with Crippen LogP contribution in [-0.2, 0) is 16.6 Å². The first kappa shape index (κ1) is 21.5. The Balaban J connectivity index is 1.88. The first-order valence-electron chi connectivity index (χ1n) is 10.1. The summed E-state index contributed by atoms with van der Waals surface area (Å²) in [4.78, 5) is 15.0. The van der Waals surface area contributed by atoms with E-state index < -0.39 is 10.0 Å². The number of benzene rings is 2. The van der Waals surface area contributed by atoms with E-state index in [1.54, 1.807) is 34.5 Å². The molecular formula is C23H30N2O3S. The fourth-order valence-electron chi connectivity index (χ4n) is 3.88. The van der Waals surface area contributed by atoms with Crippen molar-refractivity contribution in [2.24, 2.45) is 0 Å². The number of hydrogen-bond donors (Lipinski definition) is 0. The average molecular weight is 415 g/mol. The molecule has 1 fully saturated rings. The van der Waals surface area contributed by atoms with Crippen LogP contribution in [0.5, 0.6) is 0 Å². The van der Waals surface area contributed by atoms with Crippen molar-refractivity contribution in [2.75, 3.05) is 13.6 Å². The van der Waals surface area contributed by atoms with Gasteiger partial charge >= 0.3 is 0 Å². The van der Waals surface area contributed by atoms with Gasteiger partial charge in [-0.2, -0.15) is 4.31 Å². The van der Waals surface area contributed by atoms with Crippen molar-refractivity contribution in [3.8, 4) is 0 Å². The molecule has 1 amide bonds. The average Bonchev–Trinajstić information content (AvgIpc) is 2.69. The van der Waals surface area contributed by atoms with E-state index in [4.69, 9.17) is 0 Å². The topological polar surface area (TPSA) is 57.7 Å². The number of aryl methyl sites for hydroxylation is 2. The van der Waals surface area contributed by atoms with E-state index in [9.17, 15) is 13.2 Å². The van der Waals surface area contributed by atoms with Gasteiger partial charge in [0.15, 0.2) is 0 Å². The van der Waals surface area contributed by atoms with Crippen LogP contribution in [-0.4, -0.2) is 43.2 Å². The van der Waals surface area contributed by atoms with Crippen molar-refractivity contribution in [1.29, 1.82) is 0 Å². The van der Waals surface area contributed by atoms with Gasteiger partial charge in [0.25, 0.3) is 5.91 Å². The van der Waals surface area contributed by atoms with Gasteiger partial charge in [0.05, 0.1) is 4.90 Å².